The summed E-state index contributed by atoms with van der Waals surface area (Å²) in [5.74, 6) is 0.920. The Bertz CT molecular complexity index is 685. The molecule has 5 nitrogen and oxygen atoms in total. The van der Waals surface area contributed by atoms with Crippen molar-refractivity contribution in [3.05, 3.63) is 29.0 Å². The highest BCUT2D eigenvalue weighted by Gasteiger charge is 2.08. The van der Waals surface area contributed by atoms with E-state index in [4.69, 9.17) is 5.73 Å². The maximum absolute atomic E-state index is 5.51. The van der Waals surface area contributed by atoms with Crippen LogP contribution in [0.4, 0.5) is 0 Å². The van der Waals surface area contributed by atoms with E-state index >= 15 is 0 Å². The fraction of sp³-hybridized carbons (Fsp3) is 0.250. The number of nitrogens with zero attached hydrogens (tertiary/aromatic N) is 3. The topological polar surface area (TPSA) is 80.5 Å². The number of aromatic nitrogens is 4. The van der Waals surface area contributed by atoms with Crippen molar-refractivity contribution in [2.24, 2.45) is 5.73 Å². The lowest BCUT2D eigenvalue weighted by molar-refractivity contribution is 0.913. The summed E-state index contributed by atoms with van der Waals surface area (Å²) in [4.78, 5) is 7.60. The molecule has 1 aromatic carbocycles. The number of aromatic amines is 1. The Morgan fingerprint density at radius 2 is 2.22 bits per heavy atom. The Kier molecular flexibility index (Phi) is 2.81. The van der Waals surface area contributed by atoms with Gasteiger partial charge in [-0.1, -0.05) is 11.3 Å². The summed E-state index contributed by atoms with van der Waals surface area (Å²) in [5, 5.41) is 10.2. The summed E-state index contributed by atoms with van der Waals surface area (Å²) in [6, 6.07) is 6.08. The van der Waals surface area contributed by atoms with Crippen molar-refractivity contribution in [3.63, 3.8) is 0 Å². The Labute approximate surface area is 108 Å². The first-order chi connectivity index (χ1) is 8.76. The lowest BCUT2D eigenvalue weighted by Crippen LogP contribution is -2.01. The van der Waals surface area contributed by atoms with Crippen LogP contribution in [-0.4, -0.2) is 26.7 Å². The van der Waals surface area contributed by atoms with Crippen LogP contribution in [0.15, 0.2) is 18.2 Å². The fourth-order valence-electron chi connectivity index (χ4n) is 1.86. The number of nitrogens with two attached hydrogens (primary N) is 1. The van der Waals surface area contributed by atoms with Gasteiger partial charge in [-0.2, -0.15) is 0 Å². The normalized spacial score (nSPS) is 11.2. The number of aryl methyl sites for hydroxylation is 1. The van der Waals surface area contributed by atoms with Gasteiger partial charge in [0.15, 0.2) is 0 Å². The minimum Gasteiger partial charge on any atom is -0.342 e. The van der Waals surface area contributed by atoms with Crippen LogP contribution < -0.4 is 5.73 Å². The quantitative estimate of drug-likeness (QED) is 0.752. The van der Waals surface area contributed by atoms with Crippen LogP contribution in [0.25, 0.3) is 21.6 Å². The molecule has 0 amide bonds. The second kappa shape index (κ2) is 4.47. The molecule has 0 aliphatic rings. The summed E-state index contributed by atoms with van der Waals surface area (Å²) in [6.07, 6.45) is 0.781. The molecule has 92 valence electrons. The van der Waals surface area contributed by atoms with Crippen LogP contribution in [0.5, 0.6) is 0 Å². The summed E-state index contributed by atoms with van der Waals surface area (Å²) >= 11 is 1.59. The van der Waals surface area contributed by atoms with Gasteiger partial charge < -0.3 is 10.7 Å². The second-order valence-corrected chi connectivity index (χ2v) is 5.16. The molecule has 0 aliphatic carbocycles. The summed E-state index contributed by atoms with van der Waals surface area (Å²) in [5.41, 5.74) is 8.58. The zero-order valence-corrected chi connectivity index (χ0v) is 10.8. The van der Waals surface area contributed by atoms with E-state index in [2.05, 4.69) is 26.2 Å². The Balaban J connectivity index is 2.01. The molecule has 6 heteroatoms. The molecule has 3 aromatic rings. The van der Waals surface area contributed by atoms with Crippen molar-refractivity contribution in [1.29, 1.82) is 0 Å². The largest absolute Gasteiger partial charge is 0.342 e. The highest BCUT2D eigenvalue weighted by atomic mass is 32.1. The number of benzene rings is 1. The van der Waals surface area contributed by atoms with Crippen molar-refractivity contribution in [2.45, 2.75) is 13.3 Å². The van der Waals surface area contributed by atoms with Crippen LogP contribution in [-0.2, 0) is 6.42 Å². The van der Waals surface area contributed by atoms with Crippen molar-refractivity contribution < 1.29 is 0 Å². The van der Waals surface area contributed by atoms with Crippen LogP contribution in [0, 0.1) is 6.92 Å². The Hall–Kier alpha value is -1.79. The lowest BCUT2D eigenvalue weighted by atomic mass is 10.2. The zero-order chi connectivity index (χ0) is 12.5. The number of nitrogens with one attached hydrogen (secondary N) is 1. The van der Waals surface area contributed by atoms with Crippen molar-refractivity contribution >= 4 is 22.4 Å². The highest BCUT2D eigenvalue weighted by molar-refractivity contribution is 7.14. The number of rotatable bonds is 3. The van der Waals surface area contributed by atoms with Gasteiger partial charge in [-0.3, -0.25) is 0 Å². The molecular weight excluding hydrogens is 246 g/mol. The standard InChI is InChI=1S/C12H13N5S/c1-7-14-9-3-2-8(6-10(9)15-7)12-17-16-11(18-12)4-5-13/h2-3,6H,4-5,13H2,1H3,(H,14,15). The lowest BCUT2D eigenvalue weighted by Gasteiger charge is -1.94. The second-order valence-electron chi connectivity index (χ2n) is 4.09. The maximum atomic E-state index is 5.51. The number of imidazole rings is 1. The van der Waals surface area contributed by atoms with Crippen LogP contribution in [0.3, 0.4) is 0 Å². The third-order valence-corrected chi connectivity index (χ3v) is 3.70. The average molecular weight is 259 g/mol. The van der Waals surface area contributed by atoms with E-state index < -0.39 is 0 Å². The van der Waals surface area contributed by atoms with E-state index in [1.165, 1.54) is 0 Å². The number of fused-ring (bicyclic) bond motifs is 1. The molecule has 18 heavy (non-hydrogen) atoms. The summed E-state index contributed by atoms with van der Waals surface area (Å²) < 4.78 is 0. The smallest absolute Gasteiger partial charge is 0.147 e. The summed E-state index contributed by atoms with van der Waals surface area (Å²) in [6.45, 7) is 2.55. The van der Waals surface area contributed by atoms with Gasteiger partial charge in [0, 0.05) is 12.0 Å². The maximum Gasteiger partial charge on any atom is 0.147 e. The SMILES string of the molecule is Cc1nc2ccc(-c3nnc(CCN)s3)cc2[nH]1. The van der Waals surface area contributed by atoms with E-state index in [0.29, 0.717) is 6.54 Å². The van der Waals surface area contributed by atoms with Crippen molar-refractivity contribution in [3.8, 4) is 10.6 Å². The van der Waals surface area contributed by atoms with Gasteiger partial charge >= 0.3 is 0 Å². The van der Waals surface area contributed by atoms with Gasteiger partial charge in [0.1, 0.15) is 15.8 Å². The van der Waals surface area contributed by atoms with Crippen molar-refractivity contribution in [2.75, 3.05) is 6.54 Å². The molecule has 0 saturated heterocycles. The number of hydrogen-bond donors (Lipinski definition) is 2. The third kappa shape index (κ3) is 2.00. The molecular formula is C12H13N5S. The van der Waals surface area contributed by atoms with Crippen LogP contribution in [0.1, 0.15) is 10.8 Å². The first-order valence-corrected chi connectivity index (χ1v) is 6.57. The van der Waals surface area contributed by atoms with Gasteiger partial charge in [0.05, 0.1) is 11.0 Å². The average Bonchev–Trinajstić information content (AvgIpc) is 2.93. The van der Waals surface area contributed by atoms with E-state index in [9.17, 15) is 0 Å². The predicted molar refractivity (Wildman–Crippen MR) is 72.5 cm³/mol. The van der Waals surface area contributed by atoms with Crippen LogP contribution >= 0.6 is 11.3 Å². The van der Waals surface area contributed by atoms with Gasteiger partial charge in [-0.15, -0.1) is 10.2 Å². The monoisotopic (exact) mass is 259 g/mol. The molecule has 0 atom stereocenters. The first-order valence-electron chi connectivity index (χ1n) is 5.75. The Morgan fingerprint density at radius 3 is 3.06 bits per heavy atom. The van der Waals surface area contributed by atoms with Gasteiger partial charge in [0.2, 0.25) is 0 Å². The van der Waals surface area contributed by atoms with E-state index in [0.717, 1.165) is 38.9 Å². The molecule has 0 spiro atoms. The summed E-state index contributed by atoms with van der Waals surface area (Å²) in [7, 11) is 0. The molecule has 0 saturated carbocycles. The number of H-pyrrole nitrogens is 1. The minimum absolute atomic E-state index is 0.605. The molecule has 0 aliphatic heterocycles. The molecule has 0 bridgehead atoms. The molecule has 0 radical (unpaired) electrons. The highest BCUT2D eigenvalue weighted by Crippen LogP contribution is 2.26. The molecule has 2 heterocycles. The molecule has 3 rings (SSSR count). The van der Waals surface area contributed by atoms with Gasteiger partial charge in [0.25, 0.3) is 0 Å². The molecule has 3 N–H and O–H groups in total. The Morgan fingerprint density at radius 1 is 1.33 bits per heavy atom. The molecule has 2 aromatic heterocycles. The first kappa shape index (κ1) is 11.3. The van der Waals surface area contributed by atoms with Crippen LogP contribution in [0.2, 0.25) is 0 Å². The van der Waals surface area contributed by atoms with Gasteiger partial charge in [-0.05, 0) is 31.7 Å². The van der Waals surface area contributed by atoms with Crippen molar-refractivity contribution in [1.82, 2.24) is 20.2 Å². The minimum atomic E-state index is 0.605. The van der Waals surface area contributed by atoms with E-state index in [1.54, 1.807) is 11.3 Å². The van der Waals surface area contributed by atoms with E-state index in [1.807, 2.05) is 19.1 Å². The number of hydrogen-bond acceptors (Lipinski definition) is 5. The molecule has 0 unspecified atom stereocenters. The predicted octanol–water partition coefficient (Wildman–Crippen LogP) is 1.89. The third-order valence-electron chi connectivity index (χ3n) is 2.67. The molecule has 0 fully saturated rings. The van der Waals surface area contributed by atoms with E-state index in [-0.39, 0.29) is 0 Å². The zero-order valence-electron chi connectivity index (χ0n) is 9.97. The van der Waals surface area contributed by atoms with Gasteiger partial charge in [-0.25, -0.2) is 4.98 Å². The fourth-order valence-corrected chi connectivity index (χ4v) is 2.72.